The Bertz CT molecular complexity index is 870. The highest BCUT2D eigenvalue weighted by atomic mass is 127. The van der Waals surface area contributed by atoms with Gasteiger partial charge in [0.05, 0.1) is 0 Å². The van der Waals surface area contributed by atoms with Crippen molar-refractivity contribution in [1.29, 1.82) is 0 Å². The maximum Gasteiger partial charge on any atom is 0.460 e. The predicted molar refractivity (Wildman–Crippen MR) is 83.6 cm³/mol. The molecule has 0 aromatic heterocycles. The molecule has 0 saturated carbocycles. The van der Waals surface area contributed by atoms with Gasteiger partial charge in [-0.05, 0) is 12.2 Å². The van der Waals surface area contributed by atoms with Crippen LogP contribution < -0.4 is 0 Å². The third kappa shape index (κ3) is 5.11. The molecule has 40 heavy (non-hydrogen) atoms. The monoisotopic (exact) mass is 772 g/mol. The highest BCUT2D eigenvalue weighted by molar-refractivity contribution is 14.1. The van der Waals surface area contributed by atoms with E-state index in [4.69, 9.17) is 0 Å². The normalized spacial score (nSPS) is 17.1. The third-order valence-corrected chi connectivity index (χ3v) is 5.09. The van der Waals surface area contributed by atoms with Crippen molar-refractivity contribution >= 4 is 22.6 Å². The van der Waals surface area contributed by atoms with Gasteiger partial charge in [-0.25, -0.2) is 0 Å². The van der Waals surface area contributed by atoms with Gasteiger partial charge in [-0.3, -0.25) is 0 Å². The SMILES string of the molecule is FC(F)(F)C(F)(F)C(F)(F)C(F)(F)C(F)(F)C(F)(F)C=CC(F)(F)C(F)(F)C(F)(F)C(F)(F)C(F)(F)C(F)(F)I. The summed E-state index contributed by atoms with van der Waals surface area (Å²) >= 11 is -1.09. The number of alkyl halides is 26. The van der Waals surface area contributed by atoms with E-state index in [1.807, 2.05) is 0 Å². The maximum absolute atomic E-state index is 13.4. The lowest BCUT2D eigenvalue weighted by Gasteiger charge is -2.40. The van der Waals surface area contributed by atoms with Gasteiger partial charge >= 0.3 is 69.3 Å². The molecule has 0 aliphatic rings. The largest absolute Gasteiger partial charge is 0.460 e. The Labute approximate surface area is 214 Å². The summed E-state index contributed by atoms with van der Waals surface area (Å²) in [4.78, 5) is 0. The second kappa shape index (κ2) is 9.62. The van der Waals surface area contributed by atoms with Crippen LogP contribution in [0.5, 0.6) is 0 Å². The third-order valence-electron chi connectivity index (χ3n) is 4.42. The van der Waals surface area contributed by atoms with E-state index in [1.54, 1.807) is 0 Å². The molecule has 0 aromatic rings. The van der Waals surface area contributed by atoms with Crippen molar-refractivity contribution in [3.05, 3.63) is 12.2 Å². The van der Waals surface area contributed by atoms with E-state index in [-0.39, 0.29) is 0 Å². The van der Waals surface area contributed by atoms with E-state index in [9.17, 15) is 110 Å². The lowest BCUT2D eigenvalue weighted by Crippen LogP contribution is -2.70. The molecule has 0 fully saturated rings. The molecule has 0 bridgehead atoms. The Kier molecular flexibility index (Phi) is 9.31. The first-order chi connectivity index (χ1) is 16.7. The molecule has 0 atom stereocenters. The molecule has 0 unspecified atom stereocenters. The van der Waals surface area contributed by atoms with E-state index in [0.717, 1.165) is 0 Å². The van der Waals surface area contributed by atoms with Crippen LogP contribution in [0, 0.1) is 0 Å². The molecule has 0 amide bonds. The Morgan fingerprint density at radius 3 is 0.675 bits per heavy atom. The molecule has 0 spiro atoms. The highest BCUT2D eigenvalue weighted by Gasteiger charge is 2.91. The van der Waals surface area contributed by atoms with Crippen molar-refractivity contribution in [2.45, 2.75) is 69.3 Å². The van der Waals surface area contributed by atoms with Gasteiger partial charge in [0.15, 0.2) is 0 Å². The maximum atomic E-state index is 13.4. The number of hydrogen-bond donors (Lipinski definition) is 0. The molecule has 0 nitrogen and oxygen atoms in total. The van der Waals surface area contributed by atoms with Crippen LogP contribution in [0.1, 0.15) is 0 Å². The molecule has 0 aromatic carbocycles. The first kappa shape index (κ1) is 38.7. The predicted octanol–water partition coefficient (Wildman–Crippen LogP) is 9.49. The summed E-state index contributed by atoms with van der Waals surface area (Å²) < 4.78 is 319. The van der Waals surface area contributed by atoms with Crippen LogP contribution in [0.3, 0.4) is 0 Å². The van der Waals surface area contributed by atoms with Gasteiger partial charge < -0.3 is 0 Å². The van der Waals surface area contributed by atoms with Gasteiger partial charge in [0, 0.05) is 22.6 Å². The highest BCUT2D eigenvalue weighted by Crippen LogP contribution is 2.63. The minimum absolute atomic E-state index is 1.09. The Morgan fingerprint density at radius 2 is 0.475 bits per heavy atom. The van der Waals surface area contributed by atoms with E-state index < -0.39 is 104 Å². The average Bonchev–Trinajstić information content (AvgIpc) is 2.69. The fourth-order valence-corrected chi connectivity index (χ4v) is 2.32. The fraction of sp³-hybridized carbons (Fsp3) is 0.857. The Morgan fingerprint density at radius 1 is 0.275 bits per heavy atom. The molecule has 0 heterocycles. The van der Waals surface area contributed by atoms with Crippen molar-refractivity contribution < 1.29 is 110 Å². The van der Waals surface area contributed by atoms with Crippen molar-refractivity contribution in [1.82, 2.24) is 0 Å². The van der Waals surface area contributed by atoms with Gasteiger partial charge in [-0.2, -0.15) is 110 Å². The molecule has 0 rings (SSSR count). The van der Waals surface area contributed by atoms with Crippen LogP contribution >= 0.6 is 22.6 Å². The van der Waals surface area contributed by atoms with Gasteiger partial charge in [-0.1, -0.05) is 0 Å². The zero-order valence-electron chi connectivity index (χ0n) is 17.0. The lowest BCUT2D eigenvalue weighted by molar-refractivity contribution is -0.436. The Hall–Kier alpha value is -1.28. The summed E-state index contributed by atoms with van der Waals surface area (Å²) in [5.41, 5.74) is 0. The van der Waals surface area contributed by atoms with Crippen LogP contribution in [0.25, 0.3) is 0 Å². The molecular formula is C14H2F25I. The first-order valence-corrected chi connectivity index (χ1v) is 9.40. The first-order valence-electron chi connectivity index (χ1n) is 8.32. The quantitative estimate of drug-likeness (QED) is 0.0851. The molecule has 0 radical (unpaired) electrons. The number of hydrogen-bond acceptors (Lipinski definition) is 0. The minimum Gasteiger partial charge on any atom is -0.195 e. The molecule has 0 N–H and O–H groups in total. The zero-order chi connectivity index (χ0) is 33.4. The van der Waals surface area contributed by atoms with Gasteiger partial charge in [0.1, 0.15) is 0 Å². The summed E-state index contributed by atoms with van der Waals surface area (Å²) in [7, 11) is 0. The molecule has 0 aliphatic carbocycles. The summed E-state index contributed by atoms with van der Waals surface area (Å²) in [6.45, 7) is 0. The van der Waals surface area contributed by atoms with Crippen LogP contribution in [-0.4, -0.2) is 69.3 Å². The van der Waals surface area contributed by atoms with Crippen molar-refractivity contribution in [3.8, 4) is 0 Å². The van der Waals surface area contributed by atoms with Crippen molar-refractivity contribution in [2.75, 3.05) is 0 Å². The standard InChI is InChI=1S/C14H2F25I/c15-3(16,5(19,20)7(23,24)9(27,28)11(31,32)13(35,36)37)1-2-4(17,18)6(21,22)8(25,26)10(29,30)12(33,34)14(38,39)40/h1-2H. The van der Waals surface area contributed by atoms with Crippen LogP contribution in [0.2, 0.25) is 0 Å². The number of rotatable bonds is 11. The van der Waals surface area contributed by atoms with E-state index in [2.05, 4.69) is 0 Å². The molecule has 26 heteroatoms. The number of allylic oxidation sites excluding steroid dienone is 2. The van der Waals surface area contributed by atoms with Gasteiger partial charge in [0.2, 0.25) is 0 Å². The summed E-state index contributed by atoms with van der Waals surface area (Å²) in [5.74, 6) is -82.5. The van der Waals surface area contributed by atoms with Gasteiger partial charge in [0.25, 0.3) is 0 Å². The lowest BCUT2D eigenvalue weighted by atomic mass is 9.91. The zero-order valence-corrected chi connectivity index (χ0v) is 19.1. The minimum atomic E-state index is -8.70. The molecule has 240 valence electrons. The summed E-state index contributed by atoms with van der Waals surface area (Å²) in [5, 5.41) is 0. The van der Waals surface area contributed by atoms with Crippen molar-refractivity contribution in [2.24, 2.45) is 0 Å². The fourth-order valence-electron chi connectivity index (χ4n) is 1.98. The van der Waals surface area contributed by atoms with E-state index in [0.29, 0.717) is 0 Å². The molecule has 0 aliphatic heterocycles. The van der Waals surface area contributed by atoms with Crippen molar-refractivity contribution in [3.63, 3.8) is 0 Å². The van der Waals surface area contributed by atoms with E-state index in [1.165, 1.54) is 0 Å². The summed E-state index contributed by atoms with van der Waals surface area (Å²) in [6.07, 6.45) is -13.9. The second-order valence-electron chi connectivity index (χ2n) is 7.17. The van der Waals surface area contributed by atoms with Crippen LogP contribution in [-0.2, 0) is 0 Å². The molecular weight excluding hydrogens is 770 g/mol. The van der Waals surface area contributed by atoms with Crippen LogP contribution in [0.15, 0.2) is 12.2 Å². The summed E-state index contributed by atoms with van der Waals surface area (Å²) in [6, 6.07) is 0. The number of halogens is 26. The van der Waals surface area contributed by atoms with Crippen LogP contribution in [0.4, 0.5) is 110 Å². The average molecular weight is 772 g/mol. The van der Waals surface area contributed by atoms with Gasteiger partial charge in [-0.15, -0.1) is 0 Å². The second-order valence-corrected chi connectivity index (χ2v) is 8.52. The topological polar surface area (TPSA) is 0 Å². The van der Waals surface area contributed by atoms with E-state index >= 15 is 0 Å². The molecule has 0 saturated heterocycles. The Balaban J connectivity index is 6.87. The smallest absolute Gasteiger partial charge is 0.195 e.